The maximum absolute atomic E-state index is 13.7. The first-order valence-electron chi connectivity index (χ1n) is 11.0. The van der Waals surface area contributed by atoms with Gasteiger partial charge in [-0.15, -0.1) is 0 Å². The van der Waals surface area contributed by atoms with Crippen molar-refractivity contribution in [3.8, 4) is 0 Å². The third kappa shape index (κ3) is 4.63. The summed E-state index contributed by atoms with van der Waals surface area (Å²) in [6.45, 7) is 0. The lowest BCUT2D eigenvalue weighted by molar-refractivity contribution is 0.0971. The van der Waals surface area contributed by atoms with Crippen molar-refractivity contribution in [1.82, 2.24) is 9.97 Å². The van der Waals surface area contributed by atoms with Gasteiger partial charge in [-0.2, -0.15) is 0 Å². The molecular formula is C26H16F2N2O6S2. The molecule has 0 N–H and O–H groups in total. The summed E-state index contributed by atoms with van der Waals surface area (Å²) in [6.07, 6.45) is 0. The van der Waals surface area contributed by atoms with Crippen LogP contribution in [0.3, 0.4) is 0 Å². The van der Waals surface area contributed by atoms with Gasteiger partial charge in [0, 0.05) is 11.1 Å². The Morgan fingerprint density at radius 2 is 0.974 bits per heavy atom. The van der Waals surface area contributed by atoms with E-state index in [2.05, 4.69) is 9.97 Å². The minimum Gasteiger partial charge on any atom is -0.287 e. The molecule has 1 aliphatic rings. The summed E-state index contributed by atoms with van der Waals surface area (Å²) in [5, 5.41) is 0. The van der Waals surface area contributed by atoms with Gasteiger partial charge in [-0.3, -0.25) is 9.59 Å². The summed E-state index contributed by atoms with van der Waals surface area (Å²) in [7, 11) is -8.59. The van der Waals surface area contributed by atoms with E-state index in [4.69, 9.17) is 0 Å². The molecule has 0 aliphatic heterocycles. The predicted octanol–water partition coefficient (Wildman–Crippen LogP) is 3.48. The van der Waals surface area contributed by atoms with Gasteiger partial charge in [-0.25, -0.2) is 35.6 Å². The fourth-order valence-electron chi connectivity index (χ4n) is 4.03. The van der Waals surface area contributed by atoms with Gasteiger partial charge in [-0.1, -0.05) is 36.4 Å². The van der Waals surface area contributed by atoms with E-state index in [9.17, 15) is 35.2 Å². The van der Waals surface area contributed by atoms with E-state index >= 15 is 0 Å². The van der Waals surface area contributed by atoms with Gasteiger partial charge in [-0.05, 0) is 36.4 Å². The highest BCUT2D eigenvalue weighted by Gasteiger charge is 2.35. The summed E-state index contributed by atoms with van der Waals surface area (Å²) in [6, 6.07) is 14.3. The van der Waals surface area contributed by atoms with E-state index in [0.29, 0.717) is 0 Å². The number of fused-ring (bicyclic) bond motifs is 2. The van der Waals surface area contributed by atoms with Crippen LogP contribution >= 0.6 is 0 Å². The van der Waals surface area contributed by atoms with E-state index in [1.807, 2.05) is 0 Å². The molecule has 0 bridgehead atoms. The number of aromatic nitrogens is 2. The molecule has 0 radical (unpaired) electrons. The molecule has 192 valence electrons. The molecule has 8 nitrogen and oxygen atoms in total. The molecule has 0 atom stereocenters. The van der Waals surface area contributed by atoms with Gasteiger partial charge in [0.25, 0.3) is 0 Å². The van der Waals surface area contributed by atoms with Gasteiger partial charge in [0.1, 0.15) is 23.0 Å². The van der Waals surface area contributed by atoms with Gasteiger partial charge in [0.2, 0.25) is 11.6 Å². The first-order chi connectivity index (χ1) is 18.0. The van der Waals surface area contributed by atoms with Crippen LogP contribution < -0.4 is 0 Å². The van der Waals surface area contributed by atoms with Crippen molar-refractivity contribution in [2.45, 2.75) is 21.3 Å². The molecule has 1 aliphatic carbocycles. The second kappa shape index (κ2) is 9.30. The van der Waals surface area contributed by atoms with Crippen LogP contribution in [0.1, 0.15) is 43.5 Å². The minimum atomic E-state index is -4.30. The van der Waals surface area contributed by atoms with Crippen LogP contribution in [0, 0.1) is 11.6 Å². The molecule has 1 aromatic heterocycles. The van der Waals surface area contributed by atoms with E-state index < -0.39 is 86.9 Å². The normalized spacial score (nSPS) is 13.2. The van der Waals surface area contributed by atoms with Crippen molar-refractivity contribution in [2.75, 3.05) is 0 Å². The number of carbonyl (C=O) groups is 2. The number of benzene rings is 3. The van der Waals surface area contributed by atoms with Crippen LogP contribution in [0.5, 0.6) is 0 Å². The molecule has 4 aromatic rings. The Morgan fingerprint density at radius 3 is 1.34 bits per heavy atom. The summed E-state index contributed by atoms with van der Waals surface area (Å²) in [4.78, 5) is 33.7. The van der Waals surface area contributed by atoms with Crippen LogP contribution in [0.15, 0.2) is 82.6 Å². The molecule has 0 spiro atoms. The molecule has 0 unspecified atom stereocenters. The standard InChI is InChI=1S/C26H16F2N2O6S2/c27-15-5-3-7-17(11-15)37(33,34)13-21-22(14-38(35,36)18-8-4-6-16(28)12-18)30-24-23(29-21)25(31)19-9-1-2-10-20(19)26(24)32/h1-12H,13-14H2. The second-order valence-electron chi connectivity index (χ2n) is 8.45. The maximum Gasteiger partial charge on any atom is 0.214 e. The highest BCUT2D eigenvalue weighted by Crippen LogP contribution is 2.29. The number of sulfone groups is 2. The fourth-order valence-corrected chi connectivity index (χ4v) is 6.71. The highest BCUT2D eigenvalue weighted by atomic mass is 32.2. The Hall–Kier alpha value is -4.16. The smallest absolute Gasteiger partial charge is 0.214 e. The molecule has 0 saturated heterocycles. The fraction of sp³-hybridized carbons (Fsp3) is 0.0769. The Kier molecular flexibility index (Phi) is 6.24. The maximum atomic E-state index is 13.7. The monoisotopic (exact) mass is 554 g/mol. The van der Waals surface area contributed by atoms with E-state index in [0.717, 1.165) is 36.4 Å². The number of rotatable bonds is 6. The largest absolute Gasteiger partial charge is 0.287 e. The lowest BCUT2D eigenvalue weighted by Crippen LogP contribution is -2.27. The molecular weight excluding hydrogens is 538 g/mol. The SMILES string of the molecule is O=C1c2ccccc2C(=O)c2nc(CS(=O)(=O)c3cccc(F)c3)c(CS(=O)(=O)c3cccc(F)c3)nc21. The summed E-state index contributed by atoms with van der Waals surface area (Å²) < 4.78 is 79.9. The molecule has 5 rings (SSSR count). The van der Waals surface area contributed by atoms with Gasteiger partial charge >= 0.3 is 0 Å². The second-order valence-corrected chi connectivity index (χ2v) is 12.4. The molecule has 1 heterocycles. The van der Waals surface area contributed by atoms with E-state index in [-0.39, 0.29) is 11.1 Å². The molecule has 0 fully saturated rings. The molecule has 12 heteroatoms. The number of halogens is 2. The van der Waals surface area contributed by atoms with Gasteiger partial charge in [0.15, 0.2) is 19.7 Å². The molecule has 0 saturated carbocycles. The van der Waals surface area contributed by atoms with Crippen molar-refractivity contribution in [3.05, 3.63) is 118 Å². The Labute approximate surface area is 215 Å². The molecule has 3 aromatic carbocycles. The average Bonchev–Trinajstić information content (AvgIpc) is 2.88. The van der Waals surface area contributed by atoms with E-state index in [1.165, 1.54) is 36.4 Å². The number of hydrogen-bond acceptors (Lipinski definition) is 8. The van der Waals surface area contributed by atoms with Crippen molar-refractivity contribution < 1.29 is 35.2 Å². The summed E-state index contributed by atoms with van der Waals surface area (Å²) >= 11 is 0. The number of hydrogen-bond donors (Lipinski definition) is 0. The zero-order chi connectivity index (χ0) is 27.2. The lowest BCUT2D eigenvalue weighted by Gasteiger charge is -2.19. The first kappa shape index (κ1) is 25.5. The van der Waals surface area contributed by atoms with Gasteiger partial charge < -0.3 is 0 Å². The van der Waals surface area contributed by atoms with Crippen LogP contribution in [0.2, 0.25) is 0 Å². The topological polar surface area (TPSA) is 128 Å². The van der Waals surface area contributed by atoms with Crippen LogP contribution in [-0.2, 0) is 31.2 Å². The zero-order valence-electron chi connectivity index (χ0n) is 19.3. The Bertz CT molecular complexity index is 1740. The summed E-state index contributed by atoms with van der Waals surface area (Å²) in [5.41, 5.74) is -1.59. The van der Waals surface area contributed by atoms with Crippen LogP contribution in [0.4, 0.5) is 8.78 Å². The van der Waals surface area contributed by atoms with Crippen molar-refractivity contribution >= 4 is 31.2 Å². The first-order valence-corrected chi connectivity index (χ1v) is 14.3. The number of carbonyl (C=O) groups excluding carboxylic acids is 2. The highest BCUT2D eigenvalue weighted by molar-refractivity contribution is 7.91. The predicted molar refractivity (Wildman–Crippen MR) is 130 cm³/mol. The number of nitrogens with zero attached hydrogens (tertiary/aromatic N) is 2. The Morgan fingerprint density at radius 1 is 0.579 bits per heavy atom. The zero-order valence-corrected chi connectivity index (χ0v) is 20.9. The summed E-state index contributed by atoms with van der Waals surface area (Å²) in [5.74, 6) is -4.87. The molecule has 0 amide bonds. The molecule has 38 heavy (non-hydrogen) atoms. The quantitative estimate of drug-likeness (QED) is 0.312. The lowest BCUT2D eigenvalue weighted by atomic mass is 9.89. The van der Waals surface area contributed by atoms with Crippen LogP contribution in [0.25, 0.3) is 0 Å². The van der Waals surface area contributed by atoms with Crippen molar-refractivity contribution in [1.29, 1.82) is 0 Å². The average molecular weight is 555 g/mol. The number of ketones is 2. The minimum absolute atomic E-state index is 0.0402. The third-order valence-corrected chi connectivity index (χ3v) is 9.11. The third-order valence-electron chi connectivity index (χ3n) is 5.86. The Balaban J connectivity index is 1.67. The van der Waals surface area contributed by atoms with Crippen molar-refractivity contribution in [3.63, 3.8) is 0 Å². The van der Waals surface area contributed by atoms with E-state index in [1.54, 1.807) is 0 Å². The van der Waals surface area contributed by atoms with Crippen LogP contribution in [-0.4, -0.2) is 38.4 Å². The van der Waals surface area contributed by atoms with Crippen molar-refractivity contribution in [2.24, 2.45) is 0 Å². The van der Waals surface area contributed by atoms with Gasteiger partial charge in [0.05, 0.1) is 32.7 Å².